The summed E-state index contributed by atoms with van der Waals surface area (Å²) in [4.78, 5) is 2.47. The lowest BCUT2D eigenvalue weighted by Crippen LogP contribution is -2.50. The fraction of sp³-hybridized carbons (Fsp3) is 0.161. The number of alkyl halides is 1. The summed E-state index contributed by atoms with van der Waals surface area (Å²) in [5.41, 5.74) is 3.13. The van der Waals surface area contributed by atoms with E-state index < -0.39 is 5.67 Å². The minimum Gasteiger partial charge on any atom is -0.220 e. The summed E-state index contributed by atoms with van der Waals surface area (Å²) in [6.07, 6.45) is 0.737. The Morgan fingerprint density at radius 3 is 2.14 bits per heavy atom. The van der Waals surface area contributed by atoms with Gasteiger partial charge in [0.25, 0.3) is 5.67 Å². The van der Waals surface area contributed by atoms with Crippen molar-refractivity contribution < 1.29 is 13.5 Å². The maximum Gasteiger partial charge on any atom is 0.273 e. The minimum absolute atomic E-state index is 0.508. The number of halogens is 1. The Labute approximate surface area is 225 Å². The molecule has 7 rings (SSSR count). The molecule has 2 atom stereocenters. The van der Waals surface area contributed by atoms with Gasteiger partial charge in [-0.1, -0.05) is 36.4 Å². The average molecular weight is 541 g/mol. The standard InChI is InChI=1S/C31H26FN2PS2/c1-19-20-10-4-6-14-24(20)36-29(19)23-13-9-17-27-31(2,32)26-16-8-12-22(33(26)3)30-28(35-18-34(23)27)21-11-5-7-15-25(21)37-30/h4-17,35H,18H2,1-3H3/q+2. The van der Waals surface area contributed by atoms with Crippen LogP contribution in [0.1, 0.15) is 23.9 Å². The van der Waals surface area contributed by atoms with Crippen molar-refractivity contribution in [2.75, 3.05) is 0 Å². The summed E-state index contributed by atoms with van der Waals surface area (Å²) in [6, 6.07) is 29.4. The third kappa shape index (κ3) is 3.45. The van der Waals surface area contributed by atoms with Crippen molar-refractivity contribution in [1.82, 2.24) is 0 Å². The smallest absolute Gasteiger partial charge is 0.220 e. The first kappa shape index (κ1) is 23.2. The number of aryl methyl sites for hydroxylation is 1. The number of pyridine rings is 2. The Morgan fingerprint density at radius 1 is 0.757 bits per heavy atom. The van der Waals surface area contributed by atoms with Crippen LogP contribution in [0, 0.1) is 6.92 Å². The van der Waals surface area contributed by atoms with E-state index in [9.17, 15) is 0 Å². The first-order valence-corrected chi connectivity index (χ1v) is 15.2. The van der Waals surface area contributed by atoms with Crippen LogP contribution in [-0.2, 0) is 19.0 Å². The molecule has 0 radical (unpaired) electrons. The van der Waals surface area contributed by atoms with Crippen LogP contribution >= 0.6 is 31.3 Å². The lowest BCUT2D eigenvalue weighted by Gasteiger charge is -2.20. The summed E-state index contributed by atoms with van der Waals surface area (Å²) >= 11 is 3.62. The van der Waals surface area contributed by atoms with Gasteiger partial charge in [-0.25, -0.2) is 4.39 Å². The van der Waals surface area contributed by atoms with Crippen molar-refractivity contribution in [2.24, 2.45) is 7.05 Å². The van der Waals surface area contributed by atoms with Gasteiger partial charge in [0.1, 0.15) is 16.8 Å². The lowest BCUT2D eigenvalue weighted by atomic mass is 9.96. The van der Waals surface area contributed by atoms with Crippen molar-refractivity contribution in [3.8, 4) is 21.1 Å². The summed E-state index contributed by atoms with van der Waals surface area (Å²) in [5.74, 6) is 0. The van der Waals surface area contributed by atoms with Gasteiger partial charge in [-0.3, -0.25) is 0 Å². The van der Waals surface area contributed by atoms with E-state index in [4.69, 9.17) is 0 Å². The normalized spacial score (nSPS) is 17.7. The van der Waals surface area contributed by atoms with Gasteiger partial charge in [-0.05, 0) is 57.6 Å². The van der Waals surface area contributed by atoms with Crippen LogP contribution < -0.4 is 14.4 Å². The Kier molecular flexibility index (Phi) is 5.34. The summed E-state index contributed by atoms with van der Waals surface area (Å²) < 4.78 is 24.0. The molecule has 4 aromatic heterocycles. The zero-order valence-corrected chi connectivity index (χ0v) is 23.5. The van der Waals surface area contributed by atoms with Crippen molar-refractivity contribution in [2.45, 2.75) is 25.8 Å². The number of thiophene rings is 2. The first-order chi connectivity index (χ1) is 17.9. The average Bonchev–Trinajstić information content (AvgIpc) is 3.44. The van der Waals surface area contributed by atoms with Crippen molar-refractivity contribution >= 4 is 56.7 Å². The third-order valence-corrected chi connectivity index (χ3v) is 11.6. The van der Waals surface area contributed by atoms with Crippen molar-refractivity contribution in [1.29, 1.82) is 0 Å². The van der Waals surface area contributed by atoms with E-state index in [1.165, 1.54) is 40.8 Å². The third-order valence-electron chi connectivity index (χ3n) is 7.60. The maximum atomic E-state index is 17.2. The van der Waals surface area contributed by atoms with Gasteiger partial charge < -0.3 is 0 Å². The largest absolute Gasteiger partial charge is 0.273 e. The molecular weight excluding hydrogens is 514 g/mol. The topological polar surface area (TPSA) is 7.76 Å². The molecule has 1 aliphatic rings. The summed E-state index contributed by atoms with van der Waals surface area (Å²) in [7, 11) is 2.51. The molecule has 2 nitrogen and oxygen atoms in total. The van der Waals surface area contributed by atoms with E-state index in [2.05, 4.69) is 76.7 Å². The molecule has 5 heterocycles. The molecule has 0 aliphatic carbocycles. The quantitative estimate of drug-likeness (QED) is 0.152. The zero-order valence-electron chi connectivity index (χ0n) is 20.9. The number of aromatic nitrogens is 2. The Morgan fingerprint density at radius 2 is 1.38 bits per heavy atom. The number of hydrogen-bond acceptors (Lipinski definition) is 2. The highest BCUT2D eigenvalue weighted by atomic mass is 32.1. The maximum absolute atomic E-state index is 17.2. The van der Waals surface area contributed by atoms with Gasteiger partial charge >= 0.3 is 0 Å². The predicted molar refractivity (Wildman–Crippen MR) is 156 cm³/mol. The molecule has 0 saturated carbocycles. The monoisotopic (exact) mass is 540 g/mol. The molecule has 37 heavy (non-hydrogen) atoms. The highest BCUT2D eigenvalue weighted by Gasteiger charge is 2.46. The van der Waals surface area contributed by atoms with E-state index in [1.54, 1.807) is 18.3 Å². The fourth-order valence-electron chi connectivity index (χ4n) is 5.71. The molecule has 2 aromatic carbocycles. The van der Waals surface area contributed by atoms with Crippen LogP contribution in [0.4, 0.5) is 4.39 Å². The predicted octanol–water partition coefficient (Wildman–Crippen LogP) is 7.38. The molecule has 182 valence electrons. The van der Waals surface area contributed by atoms with Crippen LogP contribution in [0.2, 0.25) is 0 Å². The Balaban J connectivity index is 1.55. The van der Waals surface area contributed by atoms with Crippen LogP contribution in [-0.4, -0.2) is 0 Å². The number of hydrogen-bond donors (Lipinski definition) is 0. The van der Waals surface area contributed by atoms with Gasteiger partial charge in [-0.15, -0.1) is 22.7 Å². The summed E-state index contributed by atoms with van der Waals surface area (Å²) in [6.45, 7) is 3.91. The number of fused-ring (bicyclic) bond motifs is 8. The second-order valence-electron chi connectivity index (χ2n) is 9.77. The highest BCUT2D eigenvalue weighted by molar-refractivity contribution is 7.49. The molecule has 6 aromatic rings. The number of benzene rings is 2. The second kappa shape index (κ2) is 8.52. The van der Waals surface area contributed by atoms with Gasteiger partial charge in [-0.2, -0.15) is 9.13 Å². The zero-order chi connectivity index (χ0) is 25.3. The van der Waals surface area contributed by atoms with E-state index in [1.807, 2.05) is 42.6 Å². The lowest BCUT2D eigenvalue weighted by molar-refractivity contribution is -0.693. The minimum atomic E-state index is -1.66. The van der Waals surface area contributed by atoms with Crippen LogP contribution in [0.5, 0.6) is 0 Å². The molecule has 0 saturated heterocycles. The molecule has 0 spiro atoms. The van der Waals surface area contributed by atoms with Gasteiger partial charge in [0.2, 0.25) is 22.8 Å². The van der Waals surface area contributed by atoms with E-state index in [0.717, 1.165) is 17.7 Å². The molecule has 2 bridgehead atoms. The molecule has 1 aliphatic heterocycles. The fourth-order valence-corrected chi connectivity index (χ4v) is 9.94. The second-order valence-corrected chi connectivity index (χ2v) is 13.0. The van der Waals surface area contributed by atoms with E-state index in [0.29, 0.717) is 20.0 Å². The van der Waals surface area contributed by atoms with Crippen LogP contribution in [0.25, 0.3) is 41.3 Å². The molecule has 0 amide bonds. The van der Waals surface area contributed by atoms with Crippen molar-refractivity contribution in [3.63, 3.8) is 0 Å². The number of rotatable bonds is 1. The van der Waals surface area contributed by atoms with Gasteiger partial charge in [0, 0.05) is 44.4 Å². The van der Waals surface area contributed by atoms with Gasteiger partial charge in [0.05, 0.1) is 0 Å². The first-order valence-electron chi connectivity index (χ1n) is 12.4. The van der Waals surface area contributed by atoms with E-state index in [-0.39, 0.29) is 0 Å². The highest BCUT2D eigenvalue weighted by Crippen LogP contribution is 2.41. The van der Waals surface area contributed by atoms with Gasteiger partial charge in [0.15, 0.2) is 6.29 Å². The molecule has 6 heteroatoms. The molecule has 2 unspecified atom stereocenters. The Bertz CT molecular complexity index is 1850. The Hall–Kier alpha value is -2.98. The molecular formula is C31H26FN2PS2+2. The van der Waals surface area contributed by atoms with Crippen LogP contribution in [0.15, 0.2) is 84.9 Å². The number of nitrogens with zero attached hydrogens (tertiary/aromatic N) is 2. The SMILES string of the molecule is Cc1c(-c2cccc3[n+]2CPc2c(sc4ccccc24)-c2cccc([n+]2C)C3(C)F)sc2ccccc12. The molecule has 0 fully saturated rings. The molecule has 0 N–H and O–H groups in total. The van der Waals surface area contributed by atoms with E-state index >= 15 is 4.39 Å². The summed E-state index contributed by atoms with van der Waals surface area (Å²) in [5, 5.41) is 3.96. The van der Waals surface area contributed by atoms with Crippen LogP contribution in [0.3, 0.4) is 0 Å². The van der Waals surface area contributed by atoms with Crippen molar-refractivity contribution in [3.05, 3.63) is 102 Å².